The third-order valence-electron chi connectivity index (χ3n) is 5.15. The predicted molar refractivity (Wildman–Crippen MR) is 91.2 cm³/mol. The summed E-state index contributed by atoms with van der Waals surface area (Å²) in [6, 6.07) is 2.23. The normalized spacial score (nSPS) is 21.5. The van der Waals surface area contributed by atoms with Gasteiger partial charge in [0.15, 0.2) is 0 Å². The number of anilines is 1. The lowest BCUT2D eigenvalue weighted by atomic mass is 9.93. The van der Waals surface area contributed by atoms with Gasteiger partial charge < -0.3 is 10.2 Å². The summed E-state index contributed by atoms with van der Waals surface area (Å²) in [4.78, 5) is 23.3. The van der Waals surface area contributed by atoms with Crippen LogP contribution in [0.15, 0.2) is 18.5 Å². The van der Waals surface area contributed by atoms with Crippen molar-refractivity contribution in [3.63, 3.8) is 0 Å². The van der Waals surface area contributed by atoms with Crippen LogP contribution in [0.5, 0.6) is 0 Å². The monoisotopic (exact) mass is 316 g/mol. The van der Waals surface area contributed by atoms with E-state index in [4.69, 9.17) is 0 Å². The van der Waals surface area contributed by atoms with Crippen molar-refractivity contribution in [3.8, 4) is 0 Å². The van der Waals surface area contributed by atoms with E-state index in [0.717, 1.165) is 44.7 Å². The molecule has 0 radical (unpaired) electrons. The highest BCUT2D eigenvalue weighted by atomic mass is 16.1. The summed E-state index contributed by atoms with van der Waals surface area (Å²) in [7, 11) is 0. The van der Waals surface area contributed by atoms with Gasteiger partial charge in [0.2, 0.25) is 11.9 Å². The van der Waals surface area contributed by atoms with Gasteiger partial charge in [-0.3, -0.25) is 4.79 Å². The number of aromatic nitrogens is 2. The van der Waals surface area contributed by atoms with E-state index in [-0.39, 0.29) is 11.8 Å². The van der Waals surface area contributed by atoms with E-state index in [1.165, 1.54) is 32.1 Å². The van der Waals surface area contributed by atoms with Crippen molar-refractivity contribution in [1.29, 1.82) is 0 Å². The molecule has 5 nitrogen and oxygen atoms in total. The quantitative estimate of drug-likeness (QED) is 0.931. The Morgan fingerprint density at radius 1 is 0.957 bits per heavy atom. The number of hydrogen-bond acceptors (Lipinski definition) is 4. The summed E-state index contributed by atoms with van der Waals surface area (Å²) in [6.45, 7) is 1.74. The van der Waals surface area contributed by atoms with Crippen LogP contribution in [-0.4, -0.2) is 35.0 Å². The zero-order valence-electron chi connectivity index (χ0n) is 13.9. The first-order valence-electron chi connectivity index (χ1n) is 9.15. The number of piperidine rings is 1. The number of carbonyl (C=O) groups excluding carboxylic acids is 1. The van der Waals surface area contributed by atoms with Gasteiger partial charge in [0.05, 0.1) is 0 Å². The van der Waals surface area contributed by atoms with E-state index in [1.807, 2.05) is 6.07 Å². The second kappa shape index (κ2) is 8.27. The number of rotatable bonds is 3. The summed E-state index contributed by atoms with van der Waals surface area (Å²) in [5, 5.41) is 3.32. The fourth-order valence-corrected chi connectivity index (χ4v) is 3.72. The lowest BCUT2D eigenvalue weighted by Crippen LogP contribution is -2.44. The predicted octanol–water partition coefficient (Wildman–Crippen LogP) is 2.92. The average molecular weight is 316 g/mol. The Bertz CT molecular complexity index is 477. The molecule has 1 saturated heterocycles. The zero-order chi connectivity index (χ0) is 15.9. The number of nitrogens with zero attached hydrogens (tertiary/aromatic N) is 3. The topological polar surface area (TPSA) is 58.1 Å². The van der Waals surface area contributed by atoms with E-state index in [0.29, 0.717) is 6.04 Å². The van der Waals surface area contributed by atoms with Crippen LogP contribution in [0.25, 0.3) is 0 Å². The summed E-state index contributed by atoms with van der Waals surface area (Å²) in [5.41, 5.74) is 0. The smallest absolute Gasteiger partial charge is 0.225 e. The maximum absolute atomic E-state index is 12.5. The van der Waals surface area contributed by atoms with Gasteiger partial charge in [-0.2, -0.15) is 0 Å². The average Bonchev–Trinajstić information content (AvgIpc) is 2.58. The van der Waals surface area contributed by atoms with Crippen molar-refractivity contribution in [2.75, 3.05) is 18.0 Å². The molecular formula is C18H28N4O. The van der Waals surface area contributed by atoms with Gasteiger partial charge in [0, 0.05) is 37.4 Å². The molecule has 1 aliphatic carbocycles. The molecule has 1 saturated carbocycles. The van der Waals surface area contributed by atoms with Crippen molar-refractivity contribution in [3.05, 3.63) is 18.5 Å². The first kappa shape index (κ1) is 16.2. The summed E-state index contributed by atoms with van der Waals surface area (Å²) < 4.78 is 0. The summed E-state index contributed by atoms with van der Waals surface area (Å²) >= 11 is 0. The molecule has 0 spiro atoms. The third-order valence-corrected chi connectivity index (χ3v) is 5.15. The SMILES string of the molecule is O=C(NC1CCCCCCC1)C1CCN(c2ncccn2)CC1. The van der Waals surface area contributed by atoms with E-state index in [2.05, 4.69) is 20.2 Å². The molecule has 2 aliphatic rings. The molecule has 23 heavy (non-hydrogen) atoms. The van der Waals surface area contributed by atoms with Gasteiger partial charge in [-0.05, 0) is 31.7 Å². The van der Waals surface area contributed by atoms with Gasteiger partial charge in [-0.1, -0.05) is 32.1 Å². The van der Waals surface area contributed by atoms with Gasteiger partial charge in [0.1, 0.15) is 0 Å². The fraction of sp³-hybridized carbons (Fsp3) is 0.722. The molecule has 1 aromatic rings. The van der Waals surface area contributed by atoms with Crippen LogP contribution in [0, 0.1) is 5.92 Å². The number of amides is 1. The first-order valence-corrected chi connectivity index (χ1v) is 9.15. The summed E-state index contributed by atoms with van der Waals surface area (Å²) in [6.07, 6.45) is 14.2. The first-order chi connectivity index (χ1) is 11.3. The second-order valence-electron chi connectivity index (χ2n) is 6.86. The van der Waals surface area contributed by atoms with Crippen LogP contribution >= 0.6 is 0 Å². The van der Waals surface area contributed by atoms with Crippen molar-refractivity contribution in [2.45, 2.75) is 63.8 Å². The van der Waals surface area contributed by atoms with Crippen molar-refractivity contribution < 1.29 is 4.79 Å². The maximum atomic E-state index is 12.5. The lowest BCUT2D eigenvalue weighted by molar-refractivity contribution is -0.126. The van der Waals surface area contributed by atoms with E-state index < -0.39 is 0 Å². The third kappa shape index (κ3) is 4.66. The summed E-state index contributed by atoms with van der Waals surface area (Å²) in [5.74, 6) is 1.20. The molecule has 0 atom stereocenters. The van der Waals surface area contributed by atoms with Gasteiger partial charge >= 0.3 is 0 Å². The maximum Gasteiger partial charge on any atom is 0.225 e. The minimum Gasteiger partial charge on any atom is -0.353 e. The molecule has 126 valence electrons. The van der Waals surface area contributed by atoms with E-state index in [9.17, 15) is 4.79 Å². The molecule has 0 bridgehead atoms. The van der Waals surface area contributed by atoms with Gasteiger partial charge in [-0.15, -0.1) is 0 Å². The van der Waals surface area contributed by atoms with Crippen LogP contribution in [0.3, 0.4) is 0 Å². The Labute approximate surface area is 138 Å². The standard InChI is InChI=1S/C18H28N4O/c23-17(21-16-7-4-2-1-3-5-8-16)15-9-13-22(14-10-15)18-19-11-6-12-20-18/h6,11-12,15-16H,1-5,7-10,13-14H2,(H,21,23). The number of carbonyl (C=O) groups is 1. The fourth-order valence-electron chi connectivity index (χ4n) is 3.72. The molecule has 1 amide bonds. The van der Waals surface area contributed by atoms with Crippen molar-refractivity contribution in [1.82, 2.24) is 15.3 Å². The highest BCUT2D eigenvalue weighted by molar-refractivity contribution is 5.79. The van der Waals surface area contributed by atoms with E-state index in [1.54, 1.807) is 12.4 Å². The Hall–Kier alpha value is -1.65. The molecule has 1 aliphatic heterocycles. The van der Waals surface area contributed by atoms with E-state index >= 15 is 0 Å². The Morgan fingerprint density at radius 3 is 2.22 bits per heavy atom. The van der Waals surface area contributed by atoms with Crippen LogP contribution in [0.2, 0.25) is 0 Å². The van der Waals surface area contributed by atoms with Crippen LogP contribution in [0.4, 0.5) is 5.95 Å². The number of hydrogen-bond donors (Lipinski definition) is 1. The Morgan fingerprint density at radius 2 is 1.57 bits per heavy atom. The molecule has 2 heterocycles. The van der Waals surface area contributed by atoms with Gasteiger partial charge in [-0.25, -0.2) is 9.97 Å². The molecule has 1 aromatic heterocycles. The minimum atomic E-state index is 0.153. The molecule has 0 unspecified atom stereocenters. The molecule has 2 fully saturated rings. The van der Waals surface area contributed by atoms with Crippen LogP contribution in [0.1, 0.15) is 57.8 Å². The zero-order valence-corrected chi connectivity index (χ0v) is 13.9. The largest absolute Gasteiger partial charge is 0.353 e. The van der Waals surface area contributed by atoms with Gasteiger partial charge in [0.25, 0.3) is 0 Å². The second-order valence-corrected chi connectivity index (χ2v) is 6.86. The number of nitrogens with one attached hydrogen (secondary N) is 1. The molecule has 0 aromatic carbocycles. The Balaban J connectivity index is 1.46. The van der Waals surface area contributed by atoms with Crippen LogP contribution in [-0.2, 0) is 4.79 Å². The molecule has 5 heteroatoms. The Kier molecular flexibility index (Phi) is 5.83. The molecule has 3 rings (SSSR count). The van der Waals surface area contributed by atoms with Crippen molar-refractivity contribution >= 4 is 11.9 Å². The molecule has 1 N–H and O–H groups in total. The lowest BCUT2D eigenvalue weighted by Gasteiger charge is -2.32. The highest BCUT2D eigenvalue weighted by Crippen LogP contribution is 2.22. The molecular weight excluding hydrogens is 288 g/mol. The highest BCUT2D eigenvalue weighted by Gasteiger charge is 2.27. The van der Waals surface area contributed by atoms with Crippen LogP contribution < -0.4 is 10.2 Å². The van der Waals surface area contributed by atoms with Crippen molar-refractivity contribution in [2.24, 2.45) is 5.92 Å². The minimum absolute atomic E-state index is 0.153.